The molecule has 6 nitrogen and oxygen atoms in total. The van der Waals surface area contributed by atoms with Crippen LogP contribution in [0.4, 0.5) is 0 Å². The van der Waals surface area contributed by atoms with Crippen LogP contribution in [0.15, 0.2) is 46.8 Å². The van der Waals surface area contributed by atoms with Crippen molar-refractivity contribution in [3.63, 3.8) is 0 Å². The first-order chi connectivity index (χ1) is 15.0. The van der Waals surface area contributed by atoms with Gasteiger partial charge in [-0.1, -0.05) is 25.1 Å². The van der Waals surface area contributed by atoms with E-state index in [2.05, 4.69) is 42.0 Å². The zero-order valence-corrected chi connectivity index (χ0v) is 19.7. The van der Waals surface area contributed by atoms with Gasteiger partial charge in [-0.2, -0.15) is 0 Å². The third kappa shape index (κ3) is 6.80. The van der Waals surface area contributed by atoms with E-state index in [4.69, 9.17) is 9.73 Å². The van der Waals surface area contributed by atoms with Crippen molar-refractivity contribution in [2.45, 2.75) is 52.4 Å². The number of benzene rings is 1. The van der Waals surface area contributed by atoms with Gasteiger partial charge in [-0.05, 0) is 49.9 Å². The number of thiophene rings is 1. The molecule has 1 fully saturated rings. The van der Waals surface area contributed by atoms with Gasteiger partial charge in [0.25, 0.3) is 5.91 Å². The van der Waals surface area contributed by atoms with Crippen molar-refractivity contribution in [2.75, 3.05) is 26.2 Å². The molecule has 0 aliphatic carbocycles. The Morgan fingerprint density at radius 3 is 2.52 bits per heavy atom. The number of carbonyl (C=O) groups is 1. The second kappa shape index (κ2) is 11.3. The maximum absolute atomic E-state index is 12.8. The number of nitrogens with zero attached hydrogens (tertiary/aromatic N) is 2. The fourth-order valence-electron chi connectivity index (χ4n) is 3.71. The number of morpholine rings is 1. The Kier molecular flexibility index (Phi) is 8.49. The first-order valence-corrected chi connectivity index (χ1v) is 11.9. The van der Waals surface area contributed by atoms with Crippen LogP contribution in [0, 0.1) is 0 Å². The molecule has 3 rings (SSSR count). The van der Waals surface area contributed by atoms with Gasteiger partial charge < -0.3 is 20.3 Å². The van der Waals surface area contributed by atoms with Crippen LogP contribution in [-0.4, -0.2) is 55.2 Å². The molecule has 1 amide bonds. The van der Waals surface area contributed by atoms with Gasteiger partial charge in [-0.25, -0.2) is 4.99 Å². The van der Waals surface area contributed by atoms with Crippen LogP contribution < -0.4 is 10.6 Å². The number of carbonyl (C=O) groups excluding carboxylic acids is 1. The lowest BCUT2D eigenvalue weighted by Crippen LogP contribution is -2.48. The summed E-state index contributed by atoms with van der Waals surface area (Å²) in [5, 5.41) is 8.85. The van der Waals surface area contributed by atoms with E-state index < -0.39 is 0 Å². The molecule has 2 heterocycles. The molecule has 0 radical (unpaired) electrons. The molecular weight excluding hydrogens is 408 g/mol. The van der Waals surface area contributed by atoms with Crippen molar-refractivity contribution in [2.24, 2.45) is 4.99 Å². The van der Waals surface area contributed by atoms with Crippen LogP contribution in [0.3, 0.4) is 0 Å². The van der Waals surface area contributed by atoms with Gasteiger partial charge in [0, 0.05) is 42.5 Å². The van der Waals surface area contributed by atoms with Gasteiger partial charge >= 0.3 is 0 Å². The highest BCUT2D eigenvalue weighted by Crippen LogP contribution is 2.19. The summed E-state index contributed by atoms with van der Waals surface area (Å²) in [5.41, 5.74) is 1.78. The quantitative estimate of drug-likeness (QED) is 0.505. The average Bonchev–Trinajstić information content (AvgIpc) is 3.30. The van der Waals surface area contributed by atoms with Gasteiger partial charge in [0.05, 0.1) is 18.8 Å². The highest BCUT2D eigenvalue weighted by molar-refractivity contribution is 7.10. The van der Waals surface area contributed by atoms with Gasteiger partial charge in [-0.3, -0.25) is 4.79 Å². The maximum Gasteiger partial charge on any atom is 0.254 e. The highest BCUT2D eigenvalue weighted by Gasteiger charge is 2.26. The number of guanidine groups is 1. The topological polar surface area (TPSA) is 66.0 Å². The molecular formula is C24H34N4O2S. The number of rotatable bonds is 7. The van der Waals surface area contributed by atoms with Crippen molar-refractivity contribution in [1.29, 1.82) is 0 Å². The zero-order valence-electron chi connectivity index (χ0n) is 18.9. The minimum Gasteiger partial charge on any atom is -0.372 e. The molecule has 1 aliphatic heterocycles. The van der Waals surface area contributed by atoms with Crippen molar-refractivity contribution in [3.8, 4) is 0 Å². The Morgan fingerprint density at radius 1 is 1.19 bits per heavy atom. The lowest BCUT2D eigenvalue weighted by molar-refractivity contribution is -0.0586. The minimum absolute atomic E-state index is 0.0645. The molecule has 0 bridgehead atoms. The lowest BCUT2D eigenvalue weighted by Gasteiger charge is -2.35. The average molecular weight is 443 g/mol. The molecule has 1 aromatic carbocycles. The summed E-state index contributed by atoms with van der Waals surface area (Å²) >= 11 is 1.78. The monoisotopic (exact) mass is 442 g/mol. The SMILES string of the molecule is CCNC(=NCc1ccc(C(=O)N2CC(C)OC(C)C2)cc1)NCC(C)c1cccs1. The van der Waals surface area contributed by atoms with Crippen molar-refractivity contribution in [3.05, 3.63) is 57.8 Å². The Balaban J connectivity index is 1.56. The number of hydrogen-bond donors (Lipinski definition) is 2. The zero-order chi connectivity index (χ0) is 22.2. The summed E-state index contributed by atoms with van der Waals surface area (Å²) < 4.78 is 5.73. The number of aliphatic imine (C=N–C) groups is 1. The number of amides is 1. The molecule has 2 N–H and O–H groups in total. The van der Waals surface area contributed by atoms with E-state index in [1.807, 2.05) is 43.0 Å². The Labute approximate surface area is 189 Å². The largest absolute Gasteiger partial charge is 0.372 e. The predicted octanol–water partition coefficient (Wildman–Crippen LogP) is 3.86. The van der Waals surface area contributed by atoms with Gasteiger partial charge in [0.1, 0.15) is 0 Å². The molecule has 0 saturated carbocycles. The molecule has 3 unspecified atom stereocenters. The summed E-state index contributed by atoms with van der Waals surface area (Å²) in [6, 6.07) is 12.0. The molecule has 1 saturated heterocycles. The normalized spacial score (nSPS) is 20.4. The number of ether oxygens (including phenoxy) is 1. The summed E-state index contributed by atoms with van der Waals surface area (Å²) in [6.07, 6.45) is 0.140. The highest BCUT2D eigenvalue weighted by atomic mass is 32.1. The molecule has 31 heavy (non-hydrogen) atoms. The molecule has 1 aliphatic rings. The molecule has 7 heteroatoms. The predicted molar refractivity (Wildman–Crippen MR) is 128 cm³/mol. The first kappa shape index (κ1) is 23.3. The minimum atomic E-state index is 0.0645. The standard InChI is InChI=1S/C24H34N4O2S/c1-5-25-24(26-13-17(2)22-7-6-12-31-22)27-14-20-8-10-21(11-9-20)23(29)28-15-18(3)30-19(4)16-28/h6-12,17-19H,5,13-16H2,1-4H3,(H2,25,26,27). The maximum atomic E-state index is 12.8. The van der Waals surface area contributed by atoms with E-state index in [9.17, 15) is 4.79 Å². The lowest BCUT2D eigenvalue weighted by atomic mass is 10.1. The van der Waals surface area contributed by atoms with Gasteiger partial charge in [-0.15, -0.1) is 11.3 Å². The smallest absolute Gasteiger partial charge is 0.254 e. The summed E-state index contributed by atoms with van der Waals surface area (Å²) in [5.74, 6) is 1.30. The molecule has 2 aromatic rings. The Morgan fingerprint density at radius 2 is 1.90 bits per heavy atom. The van der Waals surface area contributed by atoms with E-state index >= 15 is 0 Å². The van der Waals surface area contributed by atoms with Crippen LogP contribution in [-0.2, 0) is 11.3 Å². The van der Waals surface area contributed by atoms with Crippen LogP contribution >= 0.6 is 11.3 Å². The second-order valence-electron chi connectivity index (χ2n) is 8.16. The van der Waals surface area contributed by atoms with Crippen molar-refractivity contribution in [1.82, 2.24) is 15.5 Å². The number of hydrogen-bond acceptors (Lipinski definition) is 4. The van der Waals surface area contributed by atoms with Crippen LogP contribution in [0.1, 0.15) is 54.4 Å². The summed E-state index contributed by atoms with van der Waals surface area (Å²) in [7, 11) is 0. The third-order valence-electron chi connectivity index (χ3n) is 5.28. The first-order valence-electron chi connectivity index (χ1n) is 11.1. The van der Waals surface area contributed by atoms with Crippen molar-refractivity contribution >= 4 is 23.2 Å². The summed E-state index contributed by atoms with van der Waals surface area (Å²) in [6.45, 7) is 11.8. The third-order valence-corrected chi connectivity index (χ3v) is 6.38. The molecule has 1 aromatic heterocycles. The Bertz CT molecular complexity index is 841. The van der Waals surface area contributed by atoms with Crippen LogP contribution in [0.25, 0.3) is 0 Å². The summed E-state index contributed by atoms with van der Waals surface area (Å²) in [4.78, 5) is 20.8. The van der Waals surface area contributed by atoms with E-state index in [1.165, 1.54) is 4.88 Å². The van der Waals surface area contributed by atoms with E-state index in [-0.39, 0.29) is 18.1 Å². The number of nitrogens with one attached hydrogen (secondary N) is 2. The molecule has 168 valence electrons. The molecule has 0 spiro atoms. The molecule has 3 atom stereocenters. The Hall–Kier alpha value is -2.38. The van der Waals surface area contributed by atoms with Crippen LogP contribution in [0.2, 0.25) is 0 Å². The fraction of sp³-hybridized carbons (Fsp3) is 0.500. The van der Waals surface area contributed by atoms with E-state index in [0.29, 0.717) is 31.1 Å². The van der Waals surface area contributed by atoms with E-state index in [0.717, 1.165) is 24.6 Å². The second-order valence-corrected chi connectivity index (χ2v) is 9.14. The van der Waals surface area contributed by atoms with Crippen molar-refractivity contribution < 1.29 is 9.53 Å². The fourth-order valence-corrected chi connectivity index (χ4v) is 4.50. The van der Waals surface area contributed by atoms with Gasteiger partial charge in [0.2, 0.25) is 0 Å². The van der Waals surface area contributed by atoms with E-state index in [1.54, 1.807) is 11.3 Å². The van der Waals surface area contributed by atoms with Gasteiger partial charge in [0.15, 0.2) is 5.96 Å². The van der Waals surface area contributed by atoms with Crippen LogP contribution in [0.5, 0.6) is 0 Å².